The van der Waals surface area contributed by atoms with Crippen molar-refractivity contribution in [3.8, 4) is 0 Å². The number of carbonyl (C=O) groups excluding carboxylic acids is 1. The third kappa shape index (κ3) is 2.52. The first-order valence-corrected chi connectivity index (χ1v) is 6.15. The van der Waals surface area contributed by atoms with Crippen molar-refractivity contribution in [2.75, 3.05) is 25.6 Å². The van der Waals surface area contributed by atoms with Crippen molar-refractivity contribution >= 4 is 11.6 Å². The number of ether oxygens (including phenoxy) is 1. The number of methoxy groups -OCH3 is 1. The molecule has 5 nitrogen and oxygen atoms in total. The Bertz CT molecular complexity index is 428. The summed E-state index contributed by atoms with van der Waals surface area (Å²) in [5.74, 6) is -0.0436. The SMILES string of the molecule is COCC1(C(=O)Nc2cccnc2C)CCCN1. The first-order valence-electron chi connectivity index (χ1n) is 6.15. The van der Waals surface area contributed by atoms with Gasteiger partial charge in [0.25, 0.3) is 0 Å². The molecule has 1 amide bonds. The lowest BCUT2D eigenvalue weighted by Gasteiger charge is -2.27. The zero-order valence-electron chi connectivity index (χ0n) is 10.8. The third-order valence-corrected chi connectivity index (χ3v) is 3.32. The zero-order chi connectivity index (χ0) is 13.0. The van der Waals surface area contributed by atoms with Gasteiger partial charge in [-0.25, -0.2) is 0 Å². The predicted molar refractivity (Wildman–Crippen MR) is 69.4 cm³/mol. The van der Waals surface area contributed by atoms with E-state index in [9.17, 15) is 4.79 Å². The van der Waals surface area contributed by atoms with E-state index in [0.29, 0.717) is 6.61 Å². The Morgan fingerprint density at radius 2 is 2.50 bits per heavy atom. The van der Waals surface area contributed by atoms with Gasteiger partial charge in [-0.15, -0.1) is 0 Å². The summed E-state index contributed by atoms with van der Waals surface area (Å²) in [5.41, 5.74) is 0.972. The van der Waals surface area contributed by atoms with Crippen molar-refractivity contribution in [3.63, 3.8) is 0 Å². The molecule has 0 saturated carbocycles. The number of carbonyl (C=O) groups is 1. The first-order chi connectivity index (χ1) is 8.68. The van der Waals surface area contributed by atoms with Crippen molar-refractivity contribution in [2.24, 2.45) is 0 Å². The molecule has 1 unspecified atom stereocenters. The van der Waals surface area contributed by atoms with Crippen LogP contribution in [0.2, 0.25) is 0 Å². The average molecular weight is 249 g/mol. The van der Waals surface area contributed by atoms with Crippen molar-refractivity contribution < 1.29 is 9.53 Å². The Hall–Kier alpha value is -1.46. The number of pyridine rings is 1. The number of anilines is 1. The summed E-state index contributed by atoms with van der Waals surface area (Å²) in [6, 6.07) is 3.67. The highest BCUT2D eigenvalue weighted by molar-refractivity contribution is 5.98. The first kappa shape index (κ1) is 13.0. The predicted octanol–water partition coefficient (Wildman–Crippen LogP) is 1.10. The molecule has 0 aliphatic carbocycles. The molecule has 18 heavy (non-hydrogen) atoms. The Morgan fingerprint density at radius 3 is 3.11 bits per heavy atom. The molecule has 0 spiro atoms. The van der Waals surface area contributed by atoms with Gasteiger partial charge < -0.3 is 15.4 Å². The largest absolute Gasteiger partial charge is 0.382 e. The number of nitrogens with zero attached hydrogens (tertiary/aromatic N) is 1. The Morgan fingerprint density at radius 1 is 1.67 bits per heavy atom. The number of amides is 1. The maximum atomic E-state index is 12.4. The smallest absolute Gasteiger partial charge is 0.247 e. The van der Waals surface area contributed by atoms with E-state index in [1.165, 1.54) is 0 Å². The molecule has 2 heterocycles. The van der Waals surface area contributed by atoms with Crippen LogP contribution in [0.5, 0.6) is 0 Å². The molecule has 1 fully saturated rings. The second-order valence-electron chi connectivity index (χ2n) is 4.64. The number of aryl methyl sites for hydroxylation is 1. The van der Waals surface area contributed by atoms with Gasteiger partial charge in [0.15, 0.2) is 0 Å². The number of hydrogen-bond acceptors (Lipinski definition) is 4. The fraction of sp³-hybridized carbons (Fsp3) is 0.538. The molecule has 98 valence electrons. The van der Waals surface area contributed by atoms with Crippen LogP contribution in [0.3, 0.4) is 0 Å². The van der Waals surface area contributed by atoms with Crippen LogP contribution in [0, 0.1) is 6.92 Å². The minimum Gasteiger partial charge on any atom is -0.382 e. The molecule has 1 aliphatic rings. The Kier molecular flexibility index (Phi) is 3.93. The highest BCUT2D eigenvalue weighted by atomic mass is 16.5. The van der Waals surface area contributed by atoms with Crippen LogP contribution in [0.15, 0.2) is 18.3 Å². The van der Waals surface area contributed by atoms with Crippen molar-refractivity contribution in [1.29, 1.82) is 0 Å². The van der Waals surface area contributed by atoms with Gasteiger partial charge in [0, 0.05) is 13.3 Å². The van der Waals surface area contributed by atoms with Gasteiger partial charge in [-0.1, -0.05) is 0 Å². The van der Waals surface area contributed by atoms with Gasteiger partial charge in [0.2, 0.25) is 5.91 Å². The van der Waals surface area contributed by atoms with Crippen molar-refractivity contribution in [1.82, 2.24) is 10.3 Å². The van der Waals surface area contributed by atoms with E-state index in [2.05, 4.69) is 15.6 Å². The van der Waals surface area contributed by atoms with Gasteiger partial charge in [-0.3, -0.25) is 9.78 Å². The fourth-order valence-electron chi connectivity index (χ4n) is 2.29. The van der Waals surface area contributed by atoms with Crippen molar-refractivity contribution in [2.45, 2.75) is 25.3 Å². The second-order valence-corrected chi connectivity index (χ2v) is 4.64. The summed E-state index contributed by atoms with van der Waals surface area (Å²) in [5, 5.41) is 6.19. The van der Waals surface area contributed by atoms with E-state index in [4.69, 9.17) is 4.74 Å². The lowest BCUT2D eigenvalue weighted by atomic mass is 9.97. The normalized spacial score (nSPS) is 23.0. The molecule has 5 heteroatoms. The van der Waals surface area contributed by atoms with E-state index < -0.39 is 5.54 Å². The molecular formula is C13H19N3O2. The fourth-order valence-corrected chi connectivity index (χ4v) is 2.29. The van der Waals surface area contributed by atoms with E-state index in [-0.39, 0.29) is 5.91 Å². The standard InChI is InChI=1S/C13H19N3O2/c1-10-11(5-3-7-14-10)16-12(17)13(9-18-2)6-4-8-15-13/h3,5,7,15H,4,6,8-9H2,1-2H3,(H,16,17). The molecule has 2 N–H and O–H groups in total. The summed E-state index contributed by atoms with van der Waals surface area (Å²) in [6.45, 7) is 3.11. The molecule has 0 aromatic carbocycles. The third-order valence-electron chi connectivity index (χ3n) is 3.32. The van der Waals surface area contributed by atoms with Crippen molar-refractivity contribution in [3.05, 3.63) is 24.0 Å². The summed E-state index contributed by atoms with van der Waals surface area (Å²) >= 11 is 0. The molecule has 0 bridgehead atoms. The number of hydrogen-bond donors (Lipinski definition) is 2. The quantitative estimate of drug-likeness (QED) is 0.838. The highest BCUT2D eigenvalue weighted by Crippen LogP contribution is 2.22. The van der Waals surface area contributed by atoms with Gasteiger partial charge in [-0.2, -0.15) is 0 Å². The summed E-state index contributed by atoms with van der Waals surface area (Å²) < 4.78 is 5.18. The van der Waals surface area contributed by atoms with Gasteiger partial charge >= 0.3 is 0 Å². The number of nitrogens with one attached hydrogen (secondary N) is 2. The van der Waals surface area contributed by atoms with E-state index in [1.807, 2.05) is 19.1 Å². The molecule has 1 aromatic rings. The Labute approximate surface area is 107 Å². The topological polar surface area (TPSA) is 63.2 Å². The number of rotatable bonds is 4. The maximum Gasteiger partial charge on any atom is 0.247 e. The molecule has 1 aliphatic heterocycles. The van der Waals surface area contributed by atoms with Crippen LogP contribution in [-0.2, 0) is 9.53 Å². The van der Waals surface area contributed by atoms with E-state index in [1.54, 1.807) is 13.3 Å². The minimum atomic E-state index is -0.600. The minimum absolute atomic E-state index is 0.0436. The molecule has 0 radical (unpaired) electrons. The molecular weight excluding hydrogens is 230 g/mol. The number of aromatic nitrogens is 1. The highest BCUT2D eigenvalue weighted by Gasteiger charge is 2.41. The van der Waals surface area contributed by atoms with Gasteiger partial charge in [0.1, 0.15) is 5.54 Å². The lowest BCUT2D eigenvalue weighted by Crippen LogP contribution is -2.54. The lowest BCUT2D eigenvalue weighted by molar-refractivity contribution is -0.123. The summed E-state index contributed by atoms with van der Waals surface area (Å²) in [4.78, 5) is 16.6. The molecule has 1 atom stereocenters. The average Bonchev–Trinajstić information content (AvgIpc) is 2.82. The van der Waals surface area contributed by atoms with E-state index >= 15 is 0 Å². The van der Waals surface area contributed by atoms with Gasteiger partial charge in [0.05, 0.1) is 18.0 Å². The molecule has 2 rings (SSSR count). The summed E-state index contributed by atoms with van der Waals surface area (Å²) in [6.07, 6.45) is 3.50. The monoisotopic (exact) mass is 249 g/mol. The van der Waals surface area contributed by atoms with Crippen LogP contribution in [0.4, 0.5) is 5.69 Å². The zero-order valence-corrected chi connectivity index (χ0v) is 10.8. The molecule has 1 aromatic heterocycles. The van der Waals surface area contributed by atoms with Crippen LogP contribution in [-0.4, -0.2) is 36.7 Å². The summed E-state index contributed by atoms with van der Waals surface area (Å²) in [7, 11) is 1.62. The van der Waals surface area contributed by atoms with Crippen LogP contribution in [0.1, 0.15) is 18.5 Å². The van der Waals surface area contributed by atoms with E-state index in [0.717, 1.165) is 30.8 Å². The van der Waals surface area contributed by atoms with Gasteiger partial charge in [-0.05, 0) is 38.4 Å². The molecule has 1 saturated heterocycles. The Balaban J connectivity index is 2.13. The van der Waals surface area contributed by atoms with Crippen LogP contribution in [0.25, 0.3) is 0 Å². The van der Waals surface area contributed by atoms with Crippen LogP contribution < -0.4 is 10.6 Å². The maximum absolute atomic E-state index is 12.4. The second kappa shape index (κ2) is 5.46. The van der Waals surface area contributed by atoms with Crippen LogP contribution >= 0.6 is 0 Å².